The van der Waals surface area contributed by atoms with Gasteiger partial charge in [-0.2, -0.15) is 0 Å². The number of fused-ring (bicyclic) bond motifs is 7. The van der Waals surface area contributed by atoms with Crippen LogP contribution in [-0.2, 0) is 10.8 Å². The summed E-state index contributed by atoms with van der Waals surface area (Å²) in [6, 6.07) is 40.8. The summed E-state index contributed by atoms with van der Waals surface area (Å²) in [4.78, 5) is 4.87. The largest absolute Gasteiger partial charge is 0.454 e. The van der Waals surface area contributed by atoms with Crippen molar-refractivity contribution in [2.45, 2.75) is 66.2 Å². The quantitative estimate of drug-likeness (QED) is 0.188. The Hall–Kier alpha value is -5.28. The van der Waals surface area contributed by atoms with Crippen LogP contribution in [0.15, 0.2) is 114 Å². The SMILES string of the molecule is Cc1ccc2c(c1)C(C)(C)c1cc(C)ccc1N2c1ccc2oc3c(N4c5ccc(C)cc5C(C)(C)c5cc(C)ccc54)cccc3c2c1. The fourth-order valence-electron chi connectivity index (χ4n) is 8.56. The molecule has 242 valence electrons. The van der Waals surface area contributed by atoms with Gasteiger partial charge in [0.15, 0.2) is 5.58 Å². The Morgan fingerprint density at radius 1 is 0.429 bits per heavy atom. The first-order valence-corrected chi connectivity index (χ1v) is 17.4. The van der Waals surface area contributed by atoms with Gasteiger partial charge < -0.3 is 14.2 Å². The molecule has 0 N–H and O–H groups in total. The molecule has 1 aromatic heterocycles. The van der Waals surface area contributed by atoms with Gasteiger partial charge in [0.1, 0.15) is 5.58 Å². The molecule has 0 saturated carbocycles. The molecule has 9 rings (SSSR count). The molecule has 49 heavy (non-hydrogen) atoms. The number of nitrogens with zero attached hydrogens (tertiary/aromatic N) is 2. The highest BCUT2D eigenvalue weighted by atomic mass is 16.3. The minimum atomic E-state index is -0.136. The van der Waals surface area contributed by atoms with Crippen LogP contribution in [0, 0.1) is 27.7 Å². The predicted molar refractivity (Wildman–Crippen MR) is 206 cm³/mol. The van der Waals surface area contributed by atoms with Crippen molar-refractivity contribution in [3.05, 3.63) is 154 Å². The van der Waals surface area contributed by atoms with Crippen LogP contribution in [0.5, 0.6) is 0 Å². The van der Waals surface area contributed by atoms with Crippen molar-refractivity contribution >= 4 is 56.1 Å². The average Bonchev–Trinajstić information content (AvgIpc) is 3.45. The molecule has 2 aliphatic heterocycles. The lowest BCUT2D eigenvalue weighted by Gasteiger charge is -2.42. The number of aryl methyl sites for hydroxylation is 4. The van der Waals surface area contributed by atoms with E-state index in [-0.39, 0.29) is 10.8 Å². The molecule has 0 atom stereocenters. The van der Waals surface area contributed by atoms with E-state index in [1.54, 1.807) is 0 Å². The number of rotatable bonds is 2. The summed E-state index contributed by atoms with van der Waals surface area (Å²) < 4.78 is 6.85. The molecule has 6 aromatic carbocycles. The average molecular weight is 639 g/mol. The van der Waals surface area contributed by atoms with E-state index in [2.05, 4.69) is 174 Å². The van der Waals surface area contributed by atoms with Gasteiger partial charge in [0.2, 0.25) is 0 Å². The molecule has 0 unspecified atom stereocenters. The third-order valence-corrected chi connectivity index (χ3v) is 11.2. The Morgan fingerprint density at radius 2 is 0.878 bits per heavy atom. The van der Waals surface area contributed by atoms with Crippen LogP contribution < -0.4 is 9.80 Å². The number of hydrogen-bond acceptors (Lipinski definition) is 3. The van der Waals surface area contributed by atoms with E-state index < -0.39 is 0 Å². The van der Waals surface area contributed by atoms with E-state index in [9.17, 15) is 0 Å². The summed E-state index contributed by atoms with van der Waals surface area (Å²) in [5.41, 5.74) is 19.1. The van der Waals surface area contributed by atoms with Crippen LogP contribution in [0.25, 0.3) is 21.9 Å². The number of para-hydroxylation sites is 1. The smallest absolute Gasteiger partial charge is 0.159 e. The molecule has 7 aromatic rings. The lowest BCUT2D eigenvalue weighted by molar-refractivity contribution is 0.629. The maximum atomic E-state index is 6.85. The molecule has 2 aliphatic rings. The van der Waals surface area contributed by atoms with Gasteiger partial charge in [-0.25, -0.2) is 0 Å². The summed E-state index contributed by atoms with van der Waals surface area (Å²) in [6.45, 7) is 18.2. The van der Waals surface area contributed by atoms with E-state index in [0.717, 1.165) is 33.3 Å². The van der Waals surface area contributed by atoms with Gasteiger partial charge >= 0.3 is 0 Å². The van der Waals surface area contributed by atoms with E-state index in [1.165, 1.54) is 67.3 Å². The monoisotopic (exact) mass is 638 g/mol. The minimum absolute atomic E-state index is 0.118. The second-order valence-electron chi connectivity index (χ2n) is 15.4. The molecule has 3 heterocycles. The minimum Gasteiger partial charge on any atom is -0.454 e. The number of furan rings is 1. The lowest BCUT2D eigenvalue weighted by atomic mass is 9.72. The molecule has 0 radical (unpaired) electrons. The summed E-state index contributed by atoms with van der Waals surface area (Å²) in [6.07, 6.45) is 0. The van der Waals surface area contributed by atoms with Gasteiger partial charge in [-0.1, -0.05) is 111 Å². The van der Waals surface area contributed by atoms with E-state index in [4.69, 9.17) is 4.42 Å². The zero-order chi connectivity index (χ0) is 34.0. The fourth-order valence-corrected chi connectivity index (χ4v) is 8.56. The second-order valence-corrected chi connectivity index (χ2v) is 15.4. The van der Waals surface area contributed by atoms with Crippen LogP contribution in [-0.4, -0.2) is 0 Å². The molecule has 3 nitrogen and oxygen atoms in total. The summed E-state index contributed by atoms with van der Waals surface area (Å²) in [5.74, 6) is 0. The molecule has 0 saturated heterocycles. The van der Waals surface area contributed by atoms with Gasteiger partial charge in [-0.3, -0.25) is 0 Å². The van der Waals surface area contributed by atoms with Crippen LogP contribution in [0.2, 0.25) is 0 Å². The highest BCUT2D eigenvalue weighted by Crippen LogP contribution is 2.55. The van der Waals surface area contributed by atoms with Crippen LogP contribution in [0.1, 0.15) is 72.2 Å². The van der Waals surface area contributed by atoms with Crippen molar-refractivity contribution in [3.8, 4) is 0 Å². The Balaban J connectivity index is 1.27. The van der Waals surface area contributed by atoms with Crippen LogP contribution in [0.4, 0.5) is 34.1 Å². The lowest BCUT2D eigenvalue weighted by Crippen LogP contribution is -2.31. The van der Waals surface area contributed by atoms with Crippen molar-refractivity contribution in [3.63, 3.8) is 0 Å². The highest BCUT2D eigenvalue weighted by molar-refractivity contribution is 6.12. The maximum Gasteiger partial charge on any atom is 0.159 e. The van der Waals surface area contributed by atoms with Gasteiger partial charge in [0, 0.05) is 27.3 Å². The molecule has 0 amide bonds. The highest BCUT2D eigenvalue weighted by Gasteiger charge is 2.39. The molecule has 3 heteroatoms. The zero-order valence-corrected chi connectivity index (χ0v) is 29.7. The maximum absolute atomic E-state index is 6.85. The molecular formula is C46H42N2O. The Kier molecular flexibility index (Phi) is 6.16. The van der Waals surface area contributed by atoms with Crippen molar-refractivity contribution in [2.75, 3.05) is 9.80 Å². The third-order valence-electron chi connectivity index (χ3n) is 11.2. The van der Waals surface area contributed by atoms with E-state index in [1.807, 2.05) is 0 Å². The topological polar surface area (TPSA) is 19.6 Å². The van der Waals surface area contributed by atoms with Gasteiger partial charge in [0.25, 0.3) is 0 Å². The summed E-state index contributed by atoms with van der Waals surface area (Å²) in [5, 5.41) is 2.24. The molecule has 0 fully saturated rings. The van der Waals surface area contributed by atoms with Crippen LogP contribution >= 0.6 is 0 Å². The van der Waals surface area contributed by atoms with Gasteiger partial charge in [-0.05, 0) is 98.5 Å². The summed E-state index contributed by atoms with van der Waals surface area (Å²) in [7, 11) is 0. The summed E-state index contributed by atoms with van der Waals surface area (Å²) >= 11 is 0. The molecule has 0 spiro atoms. The molecular weight excluding hydrogens is 597 g/mol. The predicted octanol–water partition coefficient (Wildman–Crippen LogP) is 13.0. The first-order valence-electron chi connectivity index (χ1n) is 17.4. The zero-order valence-electron chi connectivity index (χ0n) is 29.7. The molecule has 0 bridgehead atoms. The Bertz CT molecular complexity index is 2400. The van der Waals surface area contributed by atoms with Gasteiger partial charge in [-0.15, -0.1) is 0 Å². The Labute approximate surface area is 289 Å². The Morgan fingerprint density at radius 3 is 1.35 bits per heavy atom. The molecule has 0 aliphatic carbocycles. The first-order chi connectivity index (χ1) is 23.4. The standard InChI is InChI=1S/C46H42N2O/c1-27-12-17-38-34(22-27)45(5,6)35-23-28(2)13-18-39(35)47(38)31-16-21-43-33(26-31)32-10-9-11-42(44(32)49-43)48-40-19-14-29(3)24-36(40)46(7,8)37-25-30(4)15-20-41(37)48/h9-26H,1-8H3. The fraction of sp³-hybridized carbons (Fsp3) is 0.217. The van der Waals surface area contributed by atoms with Gasteiger partial charge in [0.05, 0.1) is 28.4 Å². The van der Waals surface area contributed by atoms with Crippen molar-refractivity contribution in [1.29, 1.82) is 0 Å². The number of anilines is 6. The van der Waals surface area contributed by atoms with Crippen LogP contribution in [0.3, 0.4) is 0 Å². The van der Waals surface area contributed by atoms with Crippen molar-refractivity contribution < 1.29 is 4.42 Å². The normalized spacial score (nSPS) is 15.6. The third kappa shape index (κ3) is 4.21. The van der Waals surface area contributed by atoms with E-state index >= 15 is 0 Å². The van der Waals surface area contributed by atoms with E-state index in [0.29, 0.717) is 0 Å². The number of benzene rings is 6. The van der Waals surface area contributed by atoms with Crippen molar-refractivity contribution in [2.24, 2.45) is 0 Å². The van der Waals surface area contributed by atoms with Crippen molar-refractivity contribution in [1.82, 2.24) is 0 Å². The first kappa shape index (κ1) is 29.8. The number of hydrogen-bond donors (Lipinski definition) is 0. The second kappa shape index (κ2) is 10.1.